The minimum absolute atomic E-state index is 0.150. The van der Waals surface area contributed by atoms with Crippen molar-refractivity contribution in [3.05, 3.63) is 10.4 Å². The van der Waals surface area contributed by atoms with E-state index in [1.807, 2.05) is 0 Å². The Morgan fingerprint density at radius 2 is 2.06 bits per heavy atom. The number of carbonyl (C=O) groups excluding carboxylic acids is 1. The Hall–Kier alpha value is -1.22. The summed E-state index contributed by atoms with van der Waals surface area (Å²) in [6, 6.07) is 0. The van der Waals surface area contributed by atoms with Crippen LogP contribution in [0.3, 0.4) is 0 Å². The summed E-state index contributed by atoms with van der Waals surface area (Å²) in [5.41, 5.74) is 7.95. The maximum atomic E-state index is 12.0. The lowest BCUT2D eigenvalue weighted by Crippen LogP contribution is -2.40. The maximum Gasteiger partial charge on any atom is 0.225 e. The first-order chi connectivity index (χ1) is 8.19. The summed E-state index contributed by atoms with van der Waals surface area (Å²) in [6.07, 6.45) is 7.33. The van der Waals surface area contributed by atoms with E-state index in [-0.39, 0.29) is 11.3 Å². The average Bonchev–Trinajstić information content (AvgIpc) is 2.34. The smallest absolute Gasteiger partial charge is 0.225 e. The molecule has 0 radical (unpaired) electrons. The molecule has 1 aliphatic carbocycles. The SMILES string of the molecule is CC1(C(=O)NCCCCN=[N+]=[N-])CCCCC1. The summed E-state index contributed by atoms with van der Waals surface area (Å²) in [5.74, 6) is 0.195. The van der Waals surface area contributed by atoms with Gasteiger partial charge in [-0.1, -0.05) is 31.3 Å². The molecule has 1 fully saturated rings. The molecule has 0 spiro atoms. The standard InChI is InChI=1S/C12H22N4O/c1-12(7-3-2-4-8-12)11(17)14-9-5-6-10-15-16-13/h2-10H2,1H3,(H,14,17). The van der Waals surface area contributed by atoms with E-state index in [2.05, 4.69) is 22.3 Å². The first kappa shape index (κ1) is 13.8. The molecular formula is C12H22N4O. The molecule has 5 heteroatoms. The van der Waals surface area contributed by atoms with Gasteiger partial charge in [-0.15, -0.1) is 0 Å². The van der Waals surface area contributed by atoms with Gasteiger partial charge in [-0.2, -0.15) is 0 Å². The molecule has 1 aliphatic rings. The third kappa shape index (κ3) is 4.65. The number of hydrogen-bond acceptors (Lipinski definition) is 2. The molecular weight excluding hydrogens is 216 g/mol. The lowest BCUT2D eigenvalue weighted by Gasteiger charge is -2.32. The Bertz CT molecular complexity index is 291. The predicted molar refractivity (Wildman–Crippen MR) is 67.4 cm³/mol. The van der Waals surface area contributed by atoms with Gasteiger partial charge >= 0.3 is 0 Å². The number of rotatable bonds is 6. The van der Waals surface area contributed by atoms with Gasteiger partial charge in [0, 0.05) is 23.4 Å². The van der Waals surface area contributed by atoms with Crippen molar-refractivity contribution in [2.24, 2.45) is 10.5 Å². The molecule has 0 aromatic heterocycles. The molecule has 1 N–H and O–H groups in total. The van der Waals surface area contributed by atoms with E-state index >= 15 is 0 Å². The summed E-state index contributed by atoms with van der Waals surface area (Å²) in [7, 11) is 0. The Kier molecular flexibility index (Phi) is 5.84. The number of hydrogen-bond donors (Lipinski definition) is 1. The van der Waals surface area contributed by atoms with E-state index in [4.69, 9.17) is 5.53 Å². The maximum absolute atomic E-state index is 12.0. The van der Waals surface area contributed by atoms with Gasteiger partial charge in [0.25, 0.3) is 0 Å². The molecule has 17 heavy (non-hydrogen) atoms. The summed E-state index contributed by atoms with van der Waals surface area (Å²) in [6.45, 7) is 3.28. The van der Waals surface area contributed by atoms with Gasteiger partial charge in [-0.25, -0.2) is 0 Å². The molecule has 0 aromatic rings. The number of amides is 1. The van der Waals surface area contributed by atoms with Crippen LogP contribution in [0.25, 0.3) is 10.4 Å². The molecule has 5 nitrogen and oxygen atoms in total. The highest BCUT2D eigenvalue weighted by molar-refractivity contribution is 5.82. The molecule has 0 bridgehead atoms. The van der Waals surface area contributed by atoms with Crippen LogP contribution < -0.4 is 5.32 Å². The molecule has 0 saturated heterocycles. The van der Waals surface area contributed by atoms with Crippen molar-refractivity contribution in [1.82, 2.24) is 5.32 Å². The van der Waals surface area contributed by atoms with Crippen LogP contribution in [0.4, 0.5) is 0 Å². The lowest BCUT2D eigenvalue weighted by atomic mass is 9.75. The number of nitrogens with zero attached hydrogens (tertiary/aromatic N) is 3. The Morgan fingerprint density at radius 3 is 2.71 bits per heavy atom. The first-order valence-electron chi connectivity index (χ1n) is 6.48. The van der Waals surface area contributed by atoms with Crippen molar-refractivity contribution in [1.29, 1.82) is 0 Å². The first-order valence-corrected chi connectivity index (χ1v) is 6.48. The summed E-state index contributed by atoms with van der Waals surface area (Å²) in [5, 5.41) is 6.46. The second-order valence-corrected chi connectivity index (χ2v) is 5.04. The number of nitrogens with one attached hydrogen (secondary N) is 1. The minimum atomic E-state index is -0.150. The summed E-state index contributed by atoms with van der Waals surface area (Å²) < 4.78 is 0. The van der Waals surface area contributed by atoms with Crippen LogP contribution in [0, 0.1) is 5.41 Å². The monoisotopic (exact) mass is 238 g/mol. The molecule has 1 rings (SSSR count). The van der Waals surface area contributed by atoms with Crippen molar-refractivity contribution in [3.8, 4) is 0 Å². The van der Waals surface area contributed by atoms with Crippen LogP contribution in [0.1, 0.15) is 51.9 Å². The second-order valence-electron chi connectivity index (χ2n) is 5.04. The third-order valence-electron chi connectivity index (χ3n) is 3.54. The Balaban J connectivity index is 2.17. The number of azide groups is 1. The van der Waals surface area contributed by atoms with Crippen molar-refractivity contribution in [2.75, 3.05) is 13.1 Å². The molecule has 0 heterocycles. The summed E-state index contributed by atoms with van der Waals surface area (Å²) in [4.78, 5) is 14.7. The van der Waals surface area contributed by atoms with Gasteiger partial charge in [0.05, 0.1) is 0 Å². The van der Waals surface area contributed by atoms with Crippen LogP contribution in [-0.2, 0) is 4.79 Å². The zero-order chi connectivity index (χ0) is 12.6. The van der Waals surface area contributed by atoms with E-state index in [1.54, 1.807) is 0 Å². The van der Waals surface area contributed by atoms with Gasteiger partial charge in [0.15, 0.2) is 0 Å². The van der Waals surface area contributed by atoms with E-state index in [1.165, 1.54) is 19.3 Å². The number of unbranched alkanes of at least 4 members (excludes halogenated alkanes) is 1. The molecule has 96 valence electrons. The molecule has 0 aromatic carbocycles. The van der Waals surface area contributed by atoms with Crippen LogP contribution in [-0.4, -0.2) is 19.0 Å². The van der Waals surface area contributed by atoms with E-state index in [9.17, 15) is 4.79 Å². The fourth-order valence-electron chi connectivity index (χ4n) is 2.33. The zero-order valence-electron chi connectivity index (χ0n) is 10.6. The Morgan fingerprint density at radius 1 is 1.35 bits per heavy atom. The molecule has 0 unspecified atom stereocenters. The second kappa shape index (κ2) is 7.17. The highest BCUT2D eigenvalue weighted by Crippen LogP contribution is 2.35. The predicted octanol–water partition coefficient (Wildman–Crippen LogP) is 3.16. The Labute approximate surface area is 103 Å². The van der Waals surface area contributed by atoms with Gasteiger partial charge in [0.1, 0.15) is 0 Å². The highest BCUT2D eigenvalue weighted by atomic mass is 16.2. The fourth-order valence-corrected chi connectivity index (χ4v) is 2.33. The molecule has 1 amide bonds. The lowest BCUT2D eigenvalue weighted by molar-refractivity contribution is -0.131. The summed E-state index contributed by atoms with van der Waals surface area (Å²) >= 11 is 0. The molecule has 0 aliphatic heterocycles. The zero-order valence-corrected chi connectivity index (χ0v) is 10.6. The molecule has 1 saturated carbocycles. The topological polar surface area (TPSA) is 77.9 Å². The van der Waals surface area contributed by atoms with Crippen LogP contribution in [0.15, 0.2) is 5.11 Å². The normalized spacial score (nSPS) is 18.2. The largest absolute Gasteiger partial charge is 0.356 e. The highest BCUT2D eigenvalue weighted by Gasteiger charge is 2.33. The van der Waals surface area contributed by atoms with Gasteiger partial charge < -0.3 is 5.32 Å². The third-order valence-corrected chi connectivity index (χ3v) is 3.54. The fraction of sp³-hybridized carbons (Fsp3) is 0.917. The quantitative estimate of drug-likeness (QED) is 0.328. The van der Waals surface area contributed by atoms with Crippen LogP contribution in [0.5, 0.6) is 0 Å². The van der Waals surface area contributed by atoms with Crippen LogP contribution >= 0.6 is 0 Å². The van der Waals surface area contributed by atoms with E-state index in [0.29, 0.717) is 13.1 Å². The van der Waals surface area contributed by atoms with Gasteiger partial charge in [-0.3, -0.25) is 4.79 Å². The number of carbonyl (C=O) groups is 1. The molecule has 0 atom stereocenters. The van der Waals surface area contributed by atoms with Gasteiger partial charge in [0.2, 0.25) is 5.91 Å². The minimum Gasteiger partial charge on any atom is -0.356 e. The van der Waals surface area contributed by atoms with E-state index < -0.39 is 0 Å². The van der Waals surface area contributed by atoms with Crippen molar-refractivity contribution in [2.45, 2.75) is 51.9 Å². The van der Waals surface area contributed by atoms with Crippen LogP contribution in [0.2, 0.25) is 0 Å². The average molecular weight is 238 g/mol. The van der Waals surface area contributed by atoms with E-state index in [0.717, 1.165) is 25.7 Å². The van der Waals surface area contributed by atoms with Crippen molar-refractivity contribution < 1.29 is 4.79 Å². The van der Waals surface area contributed by atoms with Crippen molar-refractivity contribution >= 4 is 5.91 Å². The van der Waals surface area contributed by atoms with Gasteiger partial charge in [-0.05, 0) is 31.2 Å². The van der Waals surface area contributed by atoms with Crippen molar-refractivity contribution in [3.63, 3.8) is 0 Å².